The number of benzene rings is 1. The average molecular weight is 300 g/mol. The summed E-state index contributed by atoms with van der Waals surface area (Å²) in [5.41, 5.74) is 1.09. The number of rotatable bonds is 3. The van der Waals surface area contributed by atoms with E-state index in [1.165, 1.54) is 0 Å². The zero-order valence-corrected chi connectivity index (χ0v) is 10.9. The van der Waals surface area contributed by atoms with Gasteiger partial charge >= 0.3 is 0 Å². The van der Waals surface area contributed by atoms with Crippen LogP contribution in [0, 0.1) is 0 Å². The number of phenols is 1. The van der Waals surface area contributed by atoms with Crippen LogP contribution in [0.15, 0.2) is 16.6 Å². The van der Waals surface area contributed by atoms with Crippen LogP contribution < -0.4 is 0 Å². The zero-order valence-electron chi connectivity index (χ0n) is 9.36. The zero-order chi connectivity index (χ0) is 12.3. The molecule has 17 heavy (non-hydrogen) atoms. The second kappa shape index (κ2) is 5.62. The van der Waals surface area contributed by atoms with Crippen molar-refractivity contribution in [2.45, 2.75) is 6.54 Å². The molecule has 0 amide bonds. The molecular formula is C12H14BrNO3. The largest absolute Gasteiger partial charge is 0.507 e. The number of morpholine rings is 1. The number of hydrogen-bond donors (Lipinski definition) is 1. The lowest BCUT2D eigenvalue weighted by Gasteiger charge is -2.27. The molecule has 1 aliphatic heterocycles. The molecule has 0 aliphatic carbocycles. The van der Waals surface area contributed by atoms with E-state index in [1.54, 1.807) is 6.07 Å². The predicted octanol–water partition coefficient (Wildman–Crippen LogP) is 1.80. The third-order valence-electron chi connectivity index (χ3n) is 2.81. The summed E-state index contributed by atoms with van der Waals surface area (Å²) in [7, 11) is 0. The van der Waals surface area contributed by atoms with Crippen molar-refractivity contribution < 1.29 is 14.6 Å². The maximum Gasteiger partial charge on any atom is 0.153 e. The van der Waals surface area contributed by atoms with Crippen molar-refractivity contribution in [3.05, 3.63) is 27.7 Å². The molecule has 0 aromatic heterocycles. The van der Waals surface area contributed by atoms with Crippen LogP contribution in [0.5, 0.6) is 5.75 Å². The van der Waals surface area contributed by atoms with Gasteiger partial charge in [-0.3, -0.25) is 9.69 Å². The lowest BCUT2D eigenvalue weighted by Crippen LogP contribution is -2.35. The maximum atomic E-state index is 10.8. The first-order valence-electron chi connectivity index (χ1n) is 5.47. The maximum absolute atomic E-state index is 10.8. The fraction of sp³-hybridized carbons (Fsp3) is 0.417. The van der Waals surface area contributed by atoms with Crippen molar-refractivity contribution in [1.29, 1.82) is 0 Å². The minimum Gasteiger partial charge on any atom is -0.507 e. The summed E-state index contributed by atoms with van der Waals surface area (Å²) in [6.45, 7) is 3.77. The van der Waals surface area contributed by atoms with Crippen LogP contribution in [0.3, 0.4) is 0 Å². The van der Waals surface area contributed by atoms with Crippen LogP contribution in [-0.2, 0) is 11.3 Å². The van der Waals surface area contributed by atoms with E-state index in [0.29, 0.717) is 18.4 Å². The summed E-state index contributed by atoms with van der Waals surface area (Å²) in [5, 5.41) is 9.93. The second-order valence-electron chi connectivity index (χ2n) is 4.01. The molecule has 0 unspecified atom stereocenters. The van der Waals surface area contributed by atoms with E-state index in [0.717, 1.165) is 36.3 Å². The highest BCUT2D eigenvalue weighted by Gasteiger charge is 2.15. The number of aldehydes is 1. The fourth-order valence-corrected chi connectivity index (χ4v) is 2.41. The Morgan fingerprint density at radius 2 is 2.12 bits per heavy atom. The van der Waals surface area contributed by atoms with Crippen LogP contribution in [-0.4, -0.2) is 42.6 Å². The summed E-state index contributed by atoms with van der Waals surface area (Å²) in [6.07, 6.45) is 0.670. The van der Waals surface area contributed by atoms with Crippen molar-refractivity contribution in [2.24, 2.45) is 0 Å². The Morgan fingerprint density at radius 1 is 1.41 bits per heavy atom. The van der Waals surface area contributed by atoms with Gasteiger partial charge < -0.3 is 9.84 Å². The number of aromatic hydroxyl groups is 1. The molecular weight excluding hydrogens is 286 g/mol. The molecule has 0 spiro atoms. The van der Waals surface area contributed by atoms with Crippen molar-refractivity contribution >= 4 is 22.2 Å². The Balaban J connectivity index is 2.19. The topological polar surface area (TPSA) is 49.8 Å². The summed E-state index contributed by atoms with van der Waals surface area (Å²) in [6, 6.07) is 3.46. The van der Waals surface area contributed by atoms with Gasteiger partial charge in [-0.1, -0.05) is 15.9 Å². The van der Waals surface area contributed by atoms with Crippen molar-refractivity contribution in [1.82, 2.24) is 4.90 Å². The monoisotopic (exact) mass is 299 g/mol. The third-order valence-corrected chi connectivity index (χ3v) is 3.27. The highest BCUT2D eigenvalue weighted by molar-refractivity contribution is 9.10. The Bertz CT molecular complexity index is 416. The molecule has 0 radical (unpaired) electrons. The highest BCUT2D eigenvalue weighted by atomic mass is 79.9. The van der Waals surface area contributed by atoms with E-state index in [2.05, 4.69) is 20.8 Å². The van der Waals surface area contributed by atoms with Gasteiger partial charge in [0.05, 0.1) is 18.8 Å². The molecule has 4 nitrogen and oxygen atoms in total. The van der Waals surface area contributed by atoms with E-state index >= 15 is 0 Å². The van der Waals surface area contributed by atoms with Gasteiger partial charge in [0.1, 0.15) is 5.75 Å². The van der Waals surface area contributed by atoms with Gasteiger partial charge in [-0.2, -0.15) is 0 Å². The molecule has 1 fully saturated rings. The summed E-state index contributed by atoms with van der Waals surface area (Å²) in [4.78, 5) is 13.0. The minimum absolute atomic E-state index is 0.0784. The van der Waals surface area contributed by atoms with Crippen LogP contribution in [0.1, 0.15) is 15.9 Å². The molecule has 0 atom stereocenters. The molecule has 0 bridgehead atoms. The first kappa shape index (κ1) is 12.5. The minimum atomic E-state index is 0.0784. The van der Waals surface area contributed by atoms with Crippen molar-refractivity contribution in [2.75, 3.05) is 26.3 Å². The Kier molecular flexibility index (Phi) is 4.15. The van der Waals surface area contributed by atoms with E-state index in [4.69, 9.17) is 4.74 Å². The number of ether oxygens (including phenoxy) is 1. The predicted molar refractivity (Wildman–Crippen MR) is 67.3 cm³/mol. The smallest absolute Gasteiger partial charge is 0.153 e. The Morgan fingerprint density at radius 3 is 2.76 bits per heavy atom. The SMILES string of the molecule is O=Cc1cc(Br)cc(CN2CCOCC2)c1O. The molecule has 1 aromatic carbocycles. The Hall–Kier alpha value is -0.910. The number of hydrogen-bond acceptors (Lipinski definition) is 4. The van der Waals surface area contributed by atoms with Crippen LogP contribution in [0.4, 0.5) is 0 Å². The summed E-state index contributed by atoms with van der Waals surface area (Å²) in [5.74, 6) is 0.0784. The first-order valence-corrected chi connectivity index (χ1v) is 6.26. The molecule has 1 N–H and O–H groups in total. The van der Waals surface area contributed by atoms with Gasteiger partial charge in [-0.15, -0.1) is 0 Å². The number of carbonyl (C=O) groups excluding carboxylic acids is 1. The van der Waals surface area contributed by atoms with E-state index in [-0.39, 0.29) is 5.75 Å². The third kappa shape index (κ3) is 3.06. The van der Waals surface area contributed by atoms with Gasteiger partial charge in [0.15, 0.2) is 6.29 Å². The molecule has 1 saturated heterocycles. The normalized spacial score (nSPS) is 17.0. The van der Waals surface area contributed by atoms with Gasteiger partial charge in [0, 0.05) is 29.7 Å². The van der Waals surface area contributed by atoms with Crippen LogP contribution >= 0.6 is 15.9 Å². The molecule has 1 heterocycles. The fourth-order valence-electron chi connectivity index (χ4n) is 1.89. The van der Waals surface area contributed by atoms with Crippen molar-refractivity contribution in [3.8, 4) is 5.75 Å². The van der Waals surface area contributed by atoms with Gasteiger partial charge in [-0.25, -0.2) is 0 Å². The summed E-state index contributed by atoms with van der Waals surface area (Å²) < 4.78 is 6.07. The molecule has 92 valence electrons. The lowest BCUT2D eigenvalue weighted by molar-refractivity contribution is 0.0338. The molecule has 5 heteroatoms. The Labute approximate surface area is 108 Å². The number of nitrogens with zero attached hydrogens (tertiary/aromatic N) is 1. The molecule has 0 saturated carbocycles. The first-order chi connectivity index (χ1) is 8.20. The number of halogens is 1. The molecule has 2 rings (SSSR count). The van der Waals surface area contributed by atoms with E-state index < -0.39 is 0 Å². The average Bonchev–Trinajstić information content (AvgIpc) is 2.34. The van der Waals surface area contributed by atoms with Gasteiger partial charge in [0.25, 0.3) is 0 Å². The van der Waals surface area contributed by atoms with Crippen molar-refractivity contribution in [3.63, 3.8) is 0 Å². The summed E-state index contributed by atoms with van der Waals surface area (Å²) >= 11 is 3.34. The standard InChI is InChI=1S/C12H14BrNO3/c13-11-5-9(12(16)10(6-11)8-15)7-14-1-3-17-4-2-14/h5-6,8,16H,1-4,7H2. The lowest BCUT2D eigenvalue weighted by atomic mass is 10.1. The second-order valence-corrected chi connectivity index (χ2v) is 4.92. The van der Waals surface area contributed by atoms with E-state index in [9.17, 15) is 9.90 Å². The molecule has 1 aliphatic rings. The quantitative estimate of drug-likeness (QED) is 0.865. The molecule has 1 aromatic rings. The van der Waals surface area contributed by atoms with Crippen LogP contribution in [0.2, 0.25) is 0 Å². The van der Waals surface area contributed by atoms with Gasteiger partial charge in [-0.05, 0) is 12.1 Å². The van der Waals surface area contributed by atoms with Gasteiger partial charge in [0.2, 0.25) is 0 Å². The van der Waals surface area contributed by atoms with E-state index in [1.807, 2.05) is 6.07 Å². The number of carbonyl (C=O) groups is 1. The van der Waals surface area contributed by atoms with Crippen LogP contribution in [0.25, 0.3) is 0 Å². The highest BCUT2D eigenvalue weighted by Crippen LogP contribution is 2.27. The number of phenolic OH excluding ortho intramolecular Hbond substituents is 1.